The molecule has 0 spiro atoms. The fourth-order valence-electron chi connectivity index (χ4n) is 0.834. The van der Waals surface area contributed by atoms with Crippen LogP contribution in [0.5, 0.6) is 0 Å². The molecule has 1 aromatic carbocycles. The summed E-state index contributed by atoms with van der Waals surface area (Å²) in [6.45, 7) is 0. The number of carbonyl (C=O) groups is 1. The summed E-state index contributed by atoms with van der Waals surface area (Å²) in [7, 11) is 0. The molecule has 1 aromatic heterocycles. The molecule has 0 saturated carbocycles. The summed E-state index contributed by atoms with van der Waals surface area (Å²) < 4.78 is 0. The van der Waals surface area contributed by atoms with Gasteiger partial charge in [0.25, 0.3) is 0 Å². The maximum atomic E-state index is 8.56. The lowest BCUT2D eigenvalue weighted by Gasteiger charge is -1.85. The first-order chi connectivity index (χ1) is 6.61. The lowest BCUT2D eigenvalue weighted by molar-refractivity contribution is 0.137. The summed E-state index contributed by atoms with van der Waals surface area (Å²) in [4.78, 5) is 8.56. The van der Waals surface area contributed by atoms with Crippen LogP contribution in [0.4, 0.5) is 4.79 Å². The fraction of sp³-hybridized carbons (Fsp3) is 0. The van der Waals surface area contributed by atoms with E-state index in [0.29, 0.717) is 5.02 Å². The normalized spacial score (nSPS) is 9.21. The van der Waals surface area contributed by atoms with Crippen LogP contribution >= 0.6 is 11.6 Å². The highest BCUT2D eigenvalue weighted by Gasteiger charge is 1.99. The van der Waals surface area contributed by atoms with E-state index in [9.17, 15) is 0 Å². The molecule has 0 atom stereocenters. The lowest BCUT2D eigenvalue weighted by Crippen LogP contribution is -1.81. The summed E-state index contributed by atoms with van der Waals surface area (Å²) >= 11 is 5.78. The molecule has 0 amide bonds. The van der Waals surface area contributed by atoms with Gasteiger partial charge in [0.1, 0.15) is 11.0 Å². The van der Waals surface area contributed by atoms with Crippen molar-refractivity contribution in [2.45, 2.75) is 0 Å². The van der Waals surface area contributed by atoms with Crippen molar-refractivity contribution < 1.29 is 15.0 Å². The highest BCUT2D eigenvalue weighted by Crippen LogP contribution is 2.17. The molecule has 2 aromatic rings. The molecule has 7 heteroatoms. The van der Waals surface area contributed by atoms with Crippen molar-refractivity contribution in [1.29, 1.82) is 0 Å². The molecule has 0 aliphatic heterocycles. The Balaban J connectivity index is 0.000000213. The van der Waals surface area contributed by atoms with Gasteiger partial charge in [0.15, 0.2) is 0 Å². The molecular weight excluding hydrogens is 210 g/mol. The van der Waals surface area contributed by atoms with Crippen LogP contribution in [-0.2, 0) is 0 Å². The molecular formula is C7H6ClN3O3. The molecule has 74 valence electrons. The van der Waals surface area contributed by atoms with Gasteiger partial charge in [-0.15, -0.1) is 0 Å². The predicted octanol–water partition coefficient (Wildman–Crippen LogP) is 1.83. The molecule has 0 bridgehead atoms. The lowest BCUT2D eigenvalue weighted by atomic mass is 10.3. The maximum Gasteiger partial charge on any atom is 0.503 e. The Morgan fingerprint density at radius 3 is 2.57 bits per heavy atom. The number of hydrogen-bond donors (Lipinski definition) is 3. The van der Waals surface area contributed by atoms with Gasteiger partial charge in [0.2, 0.25) is 0 Å². The first-order valence-corrected chi connectivity index (χ1v) is 3.86. The van der Waals surface area contributed by atoms with Crippen molar-refractivity contribution in [1.82, 2.24) is 15.4 Å². The van der Waals surface area contributed by atoms with Crippen LogP contribution in [0.25, 0.3) is 11.0 Å². The van der Waals surface area contributed by atoms with Crippen molar-refractivity contribution in [3.63, 3.8) is 0 Å². The third-order valence-electron chi connectivity index (χ3n) is 1.30. The Hall–Kier alpha value is -1.82. The van der Waals surface area contributed by atoms with Crippen molar-refractivity contribution in [2.75, 3.05) is 0 Å². The maximum absolute atomic E-state index is 8.56. The molecule has 0 aliphatic carbocycles. The number of benzene rings is 1. The first kappa shape index (κ1) is 10.3. The fourth-order valence-corrected chi connectivity index (χ4v) is 1.05. The number of halogens is 1. The zero-order chi connectivity index (χ0) is 10.6. The van der Waals surface area contributed by atoms with Crippen LogP contribution in [0.15, 0.2) is 18.2 Å². The molecule has 6 nitrogen and oxygen atoms in total. The van der Waals surface area contributed by atoms with Crippen LogP contribution in [0.2, 0.25) is 5.02 Å². The number of carboxylic acid groups (broad SMARTS) is 2. The number of nitrogens with one attached hydrogen (secondary N) is 1. The number of hydrogen-bond acceptors (Lipinski definition) is 3. The van der Waals surface area contributed by atoms with E-state index >= 15 is 0 Å². The van der Waals surface area contributed by atoms with E-state index in [1.807, 2.05) is 12.1 Å². The standard InChI is InChI=1S/C6H4ClN3.CH2O3/c7-4-2-1-3-5-6(4)9-10-8-5;2-1(3)4/h1-3H,(H,8,9,10);(H2,2,3,4). The third kappa shape index (κ3) is 2.60. The molecule has 0 unspecified atom stereocenters. The van der Waals surface area contributed by atoms with E-state index in [0.717, 1.165) is 11.0 Å². The van der Waals surface area contributed by atoms with Gasteiger partial charge in [0, 0.05) is 0 Å². The Kier molecular flexibility index (Phi) is 3.24. The van der Waals surface area contributed by atoms with Gasteiger partial charge < -0.3 is 10.2 Å². The molecule has 0 aliphatic rings. The Morgan fingerprint density at radius 2 is 2.00 bits per heavy atom. The van der Waals surface area contributed by atoms with Gasteiger partial charge in [-0.05, 0) is 12.1 Å². The molecule has 1 heterocycles. The van der Waals surface area contributed by atoms with E-state index in [1.165, 1.54) is 0 Å². The minimum absolute atomic E-state index is 0.631. The van der Waals surface area contributed by atoms with Crippen LogP contribution in [0, 0.1) is 0 Å². The smallest absolute Gasteiger partial charge is 0.450 e. The van der Waals surface area contributed by atoms with Crippen molar-refractivity contribution in [3.05, 3.63) is 23.2 Å². The highest BCUT2D eigenvalue weighted by atomic mass is 35.5. The highest BCUT2D eigenvalue weighted by molar-refractivity contribution is 6.34. The molecule has 0 saturated heterocycles. The van der Waals surface area contributed by atoms with E-state index < -0.39 is 6.16 Å². The van der Waals surface area contributed by atoms with Crippen LogP contribution in [-0.4, -0.2) is 31.8 Å². The summed E-state index contributed by atoms with van der Waals surface area (Å²) in [6, 6.07) is 5.48. The Morgan fingerprint density at radius 1 is 1.36 bits per heavy atom. The number of rotatable bonds is 0. The Labute approximate surface area is 83.1 Å². The average Bonchev–Trinajstić information content (AvgIpc) is 2.52. The topological polar surface area (TPSA) is 99.1 Å². The van der Waals surface area contributed by atoms with Crippen LogP contribution in [0.1, 0.15) is 0 Å². The zero-order valence-electron chi connectivity index (χ0n) is 6.81. The molecule has 14 heavy (non-hydrogen) atoms. The zero-order valence-corrected chi connectivity index (χ0v) is 7.56. The minimum atomic E-state index is -1.83. The Bertz CT molecular complexity index is 438. The second-order valence-electron chi connectivity index (χ2n) is 2.21. The number of para-hydroxylation sites is 1. The third-order valence-corrected chi connectivity index (χ3v) is 1.60. The summed E-state index contributed by atoms with van der Waals surface area (Å²) in [5.41, 5.74) is 1.52. The second kappa shape index (κ2) is 4.43. The number of H-pyrrole nitrogens is 1. The number of aromatic amines is 1. The van der Waals surface area contributed by atoms with Crippen molar-refractivity contribution in [2.24, 2.45) is 0 Å². The minimum Gasteiger partial charge on any atom is -0.450 e. The van der Waals surface area contributed by atoms with E-state index in [2.05, 4.69) is 15.4 Å². The summed E-state index contributed by atoms with van der Waals surface area (Å²) in [6.07, 6.45) is -1.83. The number of aromatic nitrogens is 3. The van der Waals surface area contributed by atoms with Gasteiger partial charge in [-0.3, -0.25) is 0 Å². The van der Waals surface area contributed by atoms with Gasteiger partial charge in [-0.25, -0.2) is 4.79 Å². The quantitative estimate of drug-likeness (QED) is 0.623. The number of fused-ring (bicyclic) bond motifs is 1. The predicted molar refractivity (Wildman–Crippen MR) is 49.6 cm³/mol. The van der Waals surface area contributed by atoms with E-state index in [-0.39, 0.29) is 0 Å². The molecule has 0 fully saturated rings. The van der Waals surface area contributed by atoms with Crippen molar-refractivity contribution in [3.8, 4) is 0 Å². The monoisotopic (exact) mass is 215 g/mol. The molecule has 3 N–H and O–H groups in total. The first-order valence-electron chi connectivity index (χ1n) is 3.48. The van der Waals surface area contributed by atoms with E-state index in [1.54, 1.807) is 6.07 Å². The summed E-state index contributed by atoms with van der Waals surface area (Å²) in [5, 5.41) is 24.8. The van der Waals surface area contributed by atoms with Crippen molar-refractivity contribution >= 4 is 28.8 Å². The van der Waals surface area contributed by atoms with Gasteiger partial charge in [-0.2, -0.15) is 15.4 Å². The summed E-state index contributed by atoms with van der Waals surface area (Å²) in [5.74, 6) is 0. The average molecular weight is 216 g/mol. The van der Waals surface area contributed by atoms with Gasteiger partial charge in [-0.1, -0.05) is 17.7 Å². The van der Waals surface area contributed by atoms with Gasteiger partial charge in [0.05, 0.1) is 5.02 Å². The largest absolute Gasteiger partial charge is 0.503 e. The number of nitrogens with zero attached hydrogens (tertiary/aromatic N) is 2. The molecule has 0 radical (unpaired) electrons. The van der Waals surface area contributed by atoms with Crippen LogP contribution < -0.4 is 0 Å². The van der Waals surface area contributed by atoms with E-state index in [4.69, 9.17) is 26.6 Å². The van der Waals surface area contributed by atoms with Crippen LogP contribution in [0.3, 0.4) is 0 Å². The van der Waals surface area contributed by atoms with Gasteiger partial charge >= 0.3 is 6.16 Å². The molecule has 2 rings (SSSR count). The second-order valence-corrected chi connectivity index (χ2v) is 2.62. The SMILES string of the molecule is Clc1cccc2n[nH]nc12.O=C(O)O.